The maximum Gasteiger partial charge on any atom is 0.416 e. The van der Waals surface area contributed by atoms with Crippen LogP contribution >= 0.6 is 12.8 Å². The molecule has 34 heavy (non-hydrogen) atoms. The van der Waals surface area contributed by atoms with Crippen LogP contribution in [-0.2, 0) is 11.0 Å². The van der Waals surface area contributed by atoms with Crippen molar-refractivity contribution < 1.29 is 18.0 Å². The van der Waals surface area contributed by atoms with E-state index in [9.17, 15) is 18.0 Å². The molecule has 3 saturated heterocycles. The van der Waals surface area contributed by atoms with Crippen LogP contribution in [0.25, 0.3) is 0 Å². The number of thiol groups is 1. The van der Waals surface area contributed by atoms with Gasteiger partial charge in [0, 0.05) is 57.0 Å². The van der Waals surface area contributed by atoms with Gasteiger partial charge in [0.05, 0.1) is 11.5 Å². The molecule has 1 aromatic carbocycles. The lowest BCUT2D eigenvalue weighted by Crippen LogP contribution is -2.45. The average molecular weight is 499 g/mol. The molecule has 1 amide bonds. The Morgan fingerprint density at radius 3 is 2.15 bits per heavy atom. The van der Waals surface area contributed by atoms with Crippen molar-refractivity contribution in [1.82, 2.24) is 14.1 Å². The number of carbonyl (C=O) groups is 1. The highest BCUT2D eigenvalue weighted by Crippen LogP contribution is 2.40. The first kappa shape index (κ1) is 25.6. The number of nitrogens with zero attached hydrogens (tertiary/aromatic N) is 4. The molecule has 5 nitrogen and oxygen atoms in total. The molecule has 0 aliphatic carbocycles. The summed E-state index contributed by atoms with van der Waals surface area (Å²) in [6.07, 6.45) is -1.90. The summed E-state index contributed by atoms with van der Waals surface area (Å²) in [5.41, 5.74) is 1.14. The van der Waals surface area contributed by atoms with Gasteiger partial charge < -0.3 is 9.80 Å². The van der Waals surface area contributed by atoms with Crippen LogP contribution in [0.15, 0.2) is 18.2 Å². The summed E-state index contributed by atoms with van der Waals surface area (Å²) in [6.45, 7) is 12.4. The van der Waals surface area contributed by atoms with E-state index in [0.717, 1.165) is 37.9 Å². The fraction of sp³-hybridized carbons (Fsp3) is 0.720. The van der Waals surface area contributed by atoms with Gasteiger partial charge in [-0.3, -0.25) is 9.69 Å². The fourth-order valence-corrected chi connectivity index (χ4v) is 5.69. The number of hydrogen-bond donors (Lipinski definition) is 1. The van der Waals surface area contributed by atoms with Crippen LogP contribution in [-0.4, -0.2) is 77.9 Å². The first-order valence-electron chi connectivity index (χ1n) is 12.4. The number of benzene rings is 1. The van der Waals surface area contributed by atoms with Crippen molar-refractivity contribution in [3.63, 3.8) is 0 Å². The predicted molar refractivity (Wildman–Crippen MR) is 132 cm³/mol. The van der Waals surface area contributed by atoms with E-state index in [2.05, 4.69) is 43.4 Å². The van der Waals surface area contributed by atoms with Crippen LogP contribution < -0.4 is 4.90 Å². The van der Waals surface area contributed by atoms with Gasteiger partial charge in [-0.15, -0.1) is 0 Å². The van der Waals surface area contributed by atoms with Crippen molar-refractivity contribution >= 4 is 24.4 Å². The molecule has 190 valence electrons. The zero-order chi connectivity index (χ0) is 24.7. The van der Waals surface area contributed by atoms with Gasteiger partial charge in [-0.2, -0.15) is 13.2 Å². The molecule has 0 N–H and O–H groups in total. The topological polar surface area (TPSA) is 30.0 Å². The number of halogens is 3. The molecule has 3 aliphatic heterocycles. The van der Waals surface area contributed by atoms with Gasteiger partial charge in [0.1, 0.15) is 0 Å². The molecule has 3 heterocycles. The smallest absolute Gasteiger partial charge is 0.369 e. The Morgan fingerprint density at radius 2 is 1.59 bits per heavy atom. The van der Waals surface area contributed by atoms with Crippen molar-refractivity contribution in [2.24, 2.45) is 5.92 Å². The Balaban J connectivity index is 1.45. The molecule has 3 aliphatic rings. The molecule has 0 saturated carbocycles. The third-order valence-corrected chi connectivity index (χ3v) is 8.09. The average Bonchev–Trinajstić information content (AvgIpc) is 3.29. The maximum atomic E-state index is 13.5. The largest absolute Gasteiger partial charge is 0.416 e. The van der Waals surface area contributed by atoms with Crippen LogP contribution in [0.2, 0.25) is 0 Å². The zero-order valence-corrected chi connectivity index (χ0v) is 21.3. The summed E-state index contributed by atoms with van der Waals surface area (Å²) in [5.74, 6) is 0.447. The summed E-state index contributed by atoms with van der Waals surface area (Å²) in [7, 11) is 0. The Kier molecular flexibility index (Phi) is 7.46. The zero-order valence-electron chi connectivity index (χ0n) is 20.4. The third-order valence-electron chi connectivity index (χ3n) is 7.69. The third kappa shape index (κ3) is 5.68. The number of carbonyl (C=O) groups excluding carboxylic acids is 1. The van der Waals surface area contributed by atoms with Crippen LogP contribution in [0, 0.1) is 5.92 Å². The quantitative estimate of drug-likeness (QED) is 0.622. The summed E-state index contributed by atoms with van der Waals surface area (Å²) < 4.78 is 42.3. The van der Waals surface area contributed by atoms with Crippen LogP contribution in [0.1, 0.15) is 57.1 Å². The molecule has 1 aromatic rings. The van der Waals surface area contributed by atoms with Crippen molar-refractivity contribution in [2.75, 3.05) is 57.3 Å². The highest BCUT2D eigenvalue weighted by Gasteiger charge is 2.38. The van der Waals surface area contributed by atoms with Gasteiger partial charge in [0.2, 0.25) is 5.91 Å². The van der Waals surface area contributed by atoms with Gasteiger partial charge in [-0.25, -0.2) is 4.31 Å². The lowest BCUT2D eigenvalue weighted by atomic mass is 9.86. The highest BCUT2D eigenvalue weighted by molar-refractivity contribution is 7.77. The maximum absolute atomic E-state index is 13.5. The molecule has 0 aromatic heterocycles. The highest BCUT2D eigenvalue weighted by atomic mass is 32.1. The van der Waals surface area contributed by atoms with Crippen LogP contribution in [0.3, 0.4) is 0 Å². The minimum atomic E-state index is -4.36. The van der Waals surface area contributed by atoms with Gasteiger partial charge >= 0.3 is 6.18 Å². The SMILES string of the molecule is CC(C)(C)N1CCC(C(=O)N2CCC(c3ccc(C(F)(F)F)cc3N3CCN(S)CC3)CC2)C1. The normalized spacial score (nSPS) is 24.1. The molecular formula is C25H37F3N4OS. The number of piperidine rings is 1. The van der Waals surface area contributed by atoms with Gasteiger partial charge in [0.25, 0.3) is 0 Å². The molecule has 0 bridgehead atoms. The summed E-state index contributed by atoms with van der Waals surface area (Å²) in [4.78, 5) is 19.6. The molecule has 9 heteroatoms. The summed E-state index contributed by atoms with van der Waals surface area (Å²) in [6, 6.07) is 4.21. The number of alkyl halides is 3. The fourth-order valence-electron chi connectivity index (χ4n) is 5.52. The lowest BCUT2D eigenvalue weighted by molar-refractivity contribution is -0.138. The summed E-state index contributed by atoms with van der Waals surface area (Å²) in [5, 5.41) is 0. The van der Waals surface area contributed by atoms with E-state index in [4.69, 9.17) is 0 Å². The standard InChI is InChI=1S/C25H37F3N4OS/c1-24(2,3)31-11-8-19(17-31)23(33)30-9-6-18(7-10-30)21-5-4-20(25(26,27)28)16-22(21)29-12-14-32(34)15-13-29/h4-5,16,18-19,34H,6-15,17H2,1-3H3. The number of hydrogen-bond acceptors (Lipinski definition) is 5. The van der Waals surface area contributed by atoms with E-state index in [1.807, 2.05) is 9.21 Å². The van der Waals surface area contributed by atoms with Crippen molar-refractivity contribution in [3.8, 4) is 0 Å². The second kappa shape index (κ2) is 9.90. The van der Waals surface area contributed by atoms with E-state index < -0.39 is 11.7 Å². The summed E-state index contributed by atoms with van der Waals surface area (Å²) >= 11 is 4.38. The molecule has 0 radical (unpaired) electrons. The number of piperazine rings is 1. The predicted octanol–water partition coefficient (Wildman–Crippen LogP) is 4.50. The first-order chi connectivity index (χ1) is 15.9. The monoisotopic (exact) mass is 498 g/mol. The van der Waals surface area contributed by atoms with Crippen molar-refractivity contribution in [3.05, 3.63) is 29.3 Å². The van der Waals surface area contributed by atoms with Crippen LogP contribution in [0.5, 0.6) is 0 Å². The van der Waals surface area contributed by atoms with Crippen molar-refractivity contribution in [2.45, 2.75) is 57.7 Å². The molecule has 3 fully saturated rings. The Labute approximate surface area is 206 Å². The van der Waals surface area contributed by atoms with Crippen molar-refractivity contribution in [1.29, 1.82) is 0 Å². The molecule has 0 spiro atoms. The van der Waals surface area contributed by atoms with Gasteiger partial charge in [-0.05, 0) is 70.2 Å². The second-order valence-corrected chi connectivity index (χ2v) is 11.5. The molecule has 1 unspecified atom stereocenters. The molecule has 4 rings (SSSR count). The van der Waals surface area contributed by atoms with E-state index in [0.29, 0.717) is 45.0 Å². The minimum Gasteiger partial charge on any atom is -0.369 e. The van der Waals surface area contributed by atoms with E-state index in [1.54, 1.807) is 6.07 Å². The van der Waals surface area contributed by atoms with E-state index in [1.165, 1.54) is 12.1 Å². The first-order valence-corrected chi connectivity index (χ1v) is 12.8. The minimum absolute atomic E-state index is 0.0509. The van der Waals surface area contributed by atoms with Crippen LogP contribution in [0.4, 0.5) is 18.9 Å². The number of anilines is 1. The van der Waals surface area contributed by atoms with E-state index in [-0.39, 0.29) is 23.3 Å². The Bertz CT molecular complexity index is 872. The number of rotatable bonds is 3. The second-order valence-electron chi connectivity index (χ2n) is 10.9. The van der Waals surface area contributed by atoms with E-state index >= 15 is 0 Å². The Morgan fingerprint density at radius 1 is 0.941 bits per heavy atom. The van der Waals surface area contributed by atoms with Gasteiger partial charge in [-0.1, -0.05) is 18.9 Å². The molecule has 1 atom stereocenters. The Hall–Kier alpha value is -1.45. The lowest BCUT2D eigenvalue weighted by Gasteiger charge is -2.38. The van der Waals surface area contributed by atoms with Gasteiger partial charge in [0.15, 0.2) is 0 Å². The number of likely N-dealkylation sites (tertiary alicyclic amines) is 2. The number of amides is 1. The molecular weight excluding hydrogens is 461 g/mol.